The third-order valence-corrected chi connectivity index (χ3v) is 3.64. The summed E-state index contributed by atoms with van der Waals surface area (Å²) in [5.74, 6) is 0. The van der Waals surface area contributed by atoms with Crippen molar-refractivity contribution >= 4 is 15.7 Å². The van der Waals surface area contributed by atoms with Crippen molar-refractivity contribution in [3.63, 3.8) is 0 Å². The average Bonchev–Trinajstić information content (AvgIpc) is 2.36. The maximum Gasteiger partial charge on any atom is 0.411 e. The van der Waals surface area contributed by atoms with Crippen molar-refractivity contribution in [1.82, 2.24) is 9.71 Å². The van der Waals surface area contributed by atoms with E-state index >= 15 is 0 Å². The molecule has 1 rings (SSSR count). The van der Waals surface area contributed by atoms with Crippen LogP contribution in [0.1, 0.15) is 0 Å². The number of nitrogens with zero attached hydrogens (tertiary/aromatic N) is 1. The first-order chi connectivity index (χ1) is 9.26. The smallest absolute Gasteiger partial charge is 0.387 e. The fourth-order valence-corrected chi connectivity index (χ4v) is 2.48. The molecule has 20 heavy (non-hydrogen) atoms. The number of halogens is 3. The Hall–Kier alpha value is -1.39. The summed E-state index contributed by atoms with van der Waals surface area (Å²) in [6.07, 6.45) is -1.87. The summed E-state index contributed by atoms with van der Waals surface area (Å²) in [6.45, 7) is -2.06. The lowest BCUT2D eigenvalue weighted by atomic mass is 10.4. The fourth-order valence-electron chi connectivity index (χ4n) is 1.31. The summed E-state index contributed by atoms with van der Waals surface area (Å²) >= 11 is 0. The molecular weight excluding hydrogens is 299 g/mol. The summed E-state index contributed by atoms with van der Waals surface area (Å²) < 4.78 is 65.6. The molecule has 0 aliphatic heterocycles. The highest BCUT2D eigenvalue weighted by Crippen LogP contribution is 2.18. The monoisotopic (exact) mass is 313 g/mol. The number of alkyl halides is 3. The Morgan fingerprint density at radius 3 is 2.70 bits per heavy atom. The van der Waals surface area contributed by atoms with Gasteiger partial charge in [0.05, 0.1) is 12.3 Å². The van der Waals surface area contributed by atoms with E-state index < -0.39 is 22.8 Å². The lowest BCUT2D eigenvalue weighted by molar-refractivity contribution is -0.173. The third-order valence-electron chi connectivity index (χ3n) is 2.15. The number of sulfonamides is 1. The Bertz CT molecular complexity index is 534. The van der Waals surface area contributed by atoms with Crippen LogP contribution in [0, 0.1) is 0 Å². The van der Waals surface area contributed by atoms with Crippen LogP contribution in [0.5, 0.6) is 0 Å². The lowest BCUT2D eigenvalue weighted by Crippen LogP contribution is -2.29. The summed E-state index contributed by atoms with van der Waals surface area (Å²) in [4.78, 5) is 3.61. The molecule has 0 radical (unpaired) electrons. The molecule has 0 bridgehead atoms. The van der Waals surface area contributed by atoms with Gasteiger partial charge in [-0.25, -0.2) is 13.1 Å². The quantitative estimate of drug-likeness (QED) is 0.734. The van der Waals surface area contributed by atoms with Crippen LogP contribution in [0.3, 0.4) is 0 Å². The fraction of sp³-hybridized carbons (Fsp3) is 0.500. The molecule has 0 saturated heterocycles. The van der Waals surface area contributed by atoms with Gasteiger partial charge >= 0.3 is 6.18 Å². The van der Waals surface area contributed by atoms with E-state index in [-0.39, 0.29) is 18.0 Å². The molecule has 6 nitrogen and oxygen atoms in total. The summed E-state index contributed by atoms with van der Waals surface area (Å²) in [7, 11) is -2.31. The van der Waals surface area contributed by atoms with Gasteiger partial charge in [-0.3, -0.25) is 4.98 Å². The highest BCUT2D eigenvalue weighted by Gasteiger charge is 2.27. The number of aromatic nitrogens is 1. The van der Waals surface area contributed by atoms with Crippen LogP contribution in [0.4, 0.5) is 18.9 Å². The predicted molar refractivity (Wildman–Crippen MR) is 65.8 cm³/mol. The van der Waals surface area contributed by atoms with E-state index in [9.17, 15) is 21.6 Å². The van der Waals surface area contributed by atoms with Crippen LogP contribution in [0.15, 0.2) is 23.4 Å². The molecule has 0 unspecified atom stereocenters. The number of ether oxygens (including phenoxy) is 1. The molecular formula is C10H14F3N3O3S. The van der Waals surface area contributed by atoms with Gasteiger partial charge in [0.2, 0.25) is 10.0 Å². The van der Waals surface area contributed by atoms with Crippen LogP contribution < -0.4 is 10.0 Å². The van der Waals surface area contributed by atoms with E-state index in [1.165, 1.54) is 12.3 Å². The molecule has 2 N–H and O–H groups in total. The summed E-state index contributed by atoms with van der Waals surface area (Å²) in [5, 5.41) is 2.68. The van der Waals surface area contributed by atoms with E-state index in [0.717, 1.165) is 6.20 Å². The highest BCUT2D eigenvalue weighted by molar-refractivity contribution is 7.89. The van der Waals surface area contributed by atoms with Crippen LogP contribution in [0.25, 0.3) is 0 Å². The van der Waals surface area contributed by atoms with Crippen molar-refractivity contribution in [2.24, 2.45) is 0 Å². The van der Waals surface area contributed by atoms with Crippen LogP contribution >= 0.6 is 0 Å². The zero-order valence-electron chi connectivity index (χ0n) is 10.6. The molecule has 0 aromatic carbocycles. The number of anilines is 1. The van der Waals surface area contributed by atoms with Crippen LogP contribution in [-0.2, 0) is 14.8 Å². The van der Waals surface area contributed by atoms with Gasteiger partial charge in [-0.1, -0.05) is 0 Å². The first kappa shape index (κ1) is 16.7. The molecule has 0 aliphatic carbocycles. The van der Waals surface area contributed by atoms with Gasteiger partial charge in [0.25, 0.3) is 0 Å². The van der Waals surface area contributed by atoms with Crippen molar-refractivity contribution < 1.29 is 26.3 Å². The van der Waals surface area contributed by atoms with Gasteiger partial charge in [-0.05, 0) is 6.07 Å². The van der Waals surface area contributed by atoms with E-state index in [2.05, 4.69) is 19.8 Å². The van der Waals surface area contributed by atoms with Crippen molar-refractivity contribution in [2.75, 3.05) is 32.1 Å². The Morgan fingerprint density at radius 2 is 2.10 bits per heavy atom. The number of hydrogen-bond acceptors (Lipinski definition) is 5. The third kappa shape index (κ3) is 5.31. The summed E-state index contributed by atoms with van der Waals surface area (Å²) in [6, 6.07) is 1.47. The molecule has 10 heteroatoms. The van der Waals surface area contributed by atoms with Gasteiger partial charge in [0.15, 0.2) is 0 Å². The van der Waals surface area contributed by atoms with Gasteiger partial charge in [0, 0.05) is 26.0 Å². The molecule has 0 saturated carbocycles. The number of nitrogens with one attached hydrogen (secondary N) is 2. The normalized spacial score (nSPS) is 12.4. The Morgan fingerprint density at radius 1 is 1.40 bits per heavy atom. The average molecular weight is 313 g/mol. The van der Waals surface area contributed by atoms with Crippen molar-refractivity contribution in [2.45, 2.75) is 11.1 Å². The first-order valence-electron chi connectivity index (χ1n) is 5.52. The SMILES string of the molecule is CNc1ccncc1S(=O)(=O)NCCOCC(F)(F)F. The van der Waals surface area contributed by atoms with Gasteiger partial charge in [0.1, 0.15) is 11.5 Å². The van der Waals surface area contributed by atoms with Crippen LogP contribution in [-0.4, -0.2) is 46.4 Å². The second-order valence-corrected chi connectivity index (χ2v) is 5.42. The molecule has 0 amide bonds. The van der Waals surface area contributed by atoms with Crippen molar-refractivity contribution in [3.05, 3.63) is 18.5 Å². The van der Waals surface area contributed by atoms with Gasteiger partial charge in [-0.15, -0.1) is 0 Å². The molecule has 114 valence electrons. The van der Waals surface area contributed by atoms with Crippen molar-refractivity contribution in [3.8, 4) is 0 Å². The molecule has 0 atom stereocenters. The zero-order chi connectivity index (χ0) is 15.2. The van der Waals surface area contributed by atoms with Gasteiger partial charge < -0.3 is 10.1 Å². The van der Waals surface area contributed by atoms with E-state index in [1.54, 1.807) is 7.05 Å². The second kappa shape index (κ2) is 6.86. The number of pyridine rings is 1. The summed E-state index contributed by atoms with van der Waals surface area (Å²) in [5.41, 5.74) is 0.337. The Labute approximate surface area is 114 Å². The van der Waals surface area contributed by atoms with Crippen molar-refractivity contribution in [1.29, 1.82) is 0 Å². The standard InChI is InChI=1S/C10H14F3N3O3S/c1-14-8-2-3-15-6-9(8)20(17,18)16-4-5-19-7-10(11,12)13/h2-3,6,16H,4-5,7H2,1H3,(H,14,15). The number of hydrogen-bond donors (Lipinski definition) is 2. The molecule has 1 heterocycles. The first-order valence-corrected chi connectivity index (χ1v) is 7.00. The molecule has 0 aliphatic rings. The highest BCUT2D eigenvalue weighted by atomic mass is 32.2. The van der Waals surface area contributed by atoms with E-state index in [4.69, 9.17) is 0 Å². The molecule has 0 spiro atoms. The molecule has 1 aromatic rings. The minimum atomic E-state index is -4.43. The minimum absolute atomic E-state index is 0.0849. The van der Waals surface area contributed by atoms with Crippen LogP contribution in [0.2, 0.25) is 0 Å². The number of rotatable bonds is 7. The minimum Gasteiger partial charge on any atom is -0.387 e. The van der Waals surface area contributed by atoms with E-state index in [1.807, 2.05) is 0 Å². The Kier molecular flexibility index (Phi) is 5.72. The maximum atomic E-state index is 11.9. The predicted octanol–water partition coefficient (Wildman–Crippen LogP) is 0.980. The Balaban J connectivity index is 2.54. The maximum absolute atomic E-state index is 11.9. The van der Waals surface area contributed by atoms with E-state index in [0.29, 0.717) is 5.69 Å². The largest absolute Gasteiger partial charge is 0.411 e. The van der Waals surface area contributed by atoms with Gasteiger partial charge in [-0.2, -0.15) is 13.2 Å². The molecule has 0 fully saturated rings. The topological polar surface area (TPSA) is 80.3 Å². The molecule has 1 aromatic heterocycles. The zero-order valence-corrected chi connectivity index (χ0v) is 11.4. The lowest BCUT2D eigenvalue weighted by Gasteiger charge is -2.11. The second-order valence-electron chi connectivity index (χ2n) is 3.69.